The number of piperazine rings is 1. The number of aromatic nitrogens is 2. The normalized spacial score (nSPS) is 30.0. The van der Waals surface area contributed by atoms with E-state index in [2.05, 4.69) is 41.6 Å². The van der Waals surface area contributed by atoms with Gasteiger partial charge in [0.05, 0.1) is 24.2 Å². The van der Waals surface area contributed by atoms with Crippen LogP contribution in [0.4, 0.5) is 5.82 Å². The Morgan fingerprint density at radius 2 is 2.07 bits per heavy atom. The van der Waals surface area contributed by atoms with Gasteiger partial charge in [0.2, 0.25) is 5.91 Å². The molecule has 2 aromatic rings. The summed E-state index contributed by atoms with van der Waals surface area (Å²) in [6.45, 7) is 7.12. The Balaban J connectivity index is 1.22. The van der Waals surface area contributed by atoms with Crippen LogP contribution in [0.1, 0.15) is 48.1 Å². The van der Waals surface area contributed by atoms with Crippen molar-refractivity contribution in [3.05, 3.63) is 58.3 Å². The number of benzene rings is 1. The molecule has 41 heavy (non-hydrogen) atoms. The number of nitrogens with zero attached hydrogens (tertiary/aromatic N) is 6. The fourth-order valence-electron chi connectivity index (χ4n) is 8.18. The van der Waals surface area contributed by atoms with Gasteiger partial charge in [0, 0.05) is 48.2 Å². The van der Waals surface area contributed by atoms with E-state index >= 15 is 0 Å². The van der Waals surface area contributed by atoms with Gasteiger partial charge in [0.15, 0.2) is 0 Å². The number of nitriles is 1. The molecule has 7 rings (SSSR count). The van der Waals surface area contributed by atoms with Crippen LogP contribution in [0.15, 0.2) is 30.9 Å². The quantitative estimate of drug-likeness (QED) is 0.485. The molecule has 5 atom stereocenters. The molecular formula is C32H37ClN6O2. The van der Waals surface area contributed by atoms with Crippen molar-refractivity contribution in [1.82, 2.24) is 19.8 Å². The van der Waals surface area contributed by atoms with Gasteiger partial charge in [-0.1, -0.05) is 30.3 Å². The summed E-state index contributed by atoms with van der Waals surface area (Å²) in [5, 5.41) is 10.4. The number of piperidine rings is 1. The van der Waals surface area contributed by atoms with Crippen molar-refractivity contribution in [2.24, 2.45) is 11.8 Å². The van der Waals surface area contributed by atoms with Gasteiger partial charge in [-0.2, -0.15) is 15.2 Å². The Hall–Kier alpha value is -3.15. The topological polar surface area (TPSA) is 85.6 Å². The van der Waals surface area contributed by atoms with E-state index in [0.29, 0.717) is 38.3 Å². The van der Waals surface area contributed by atoms with Crippen molar-refractivity contribution in [2.45, 2.75) is 62.4 Å². The maximum absolute atomic E-state index is 12.5. The first-order chi connectivity index (χ1) is 19.9. The maximum atomic E-state index is 12.5. The average Bonchev–Trinajstić information content (AvgIpc) is 3.53. The van der Waals surface area contributed by atoms with Crippen LogP contribution in [-0.4, -0.2) is 77.6 Å². The minimum atomic E-state index is -0.216. The molecule has 3 fully saturated rings. The van der Waals surface area contributed by atoms with Crippen molar-refractivity contribution >= 4 is 23.3 Å². The number of hydrogen-bond acceptors (Lipinski definition) is 7. The molecule has 8 nitrogen and oxygen atoms in total. The van der Waals surface area contributed by atoms with Crippen LogP contribution in [0.5, 0.6) is 6.01 Å². The molecule has 1 spiro atoms. The lowest BCUT2D eigenvalue weighted by Gasteiger charge is -2.42. The van der Waals surface area contributed by atoms with Crippen LogP contribution >= 0.6 is 11.6 Å². The first-order valence-electron chi connectivity index (χ1n) is 15.0. The fourth-order valence-corrected chi connectivity index (χ4v) is 8.45. The molecule has 1 aromatic carbocycles. The van der Waals surface area contributed by atoms with E-state index in [1.165, 1.54) is 29.2 Å². The lowest BCUT2D eigenvalue weighted by molar-refractivity contribution is -0.128. The summed E-state index contributed by atoms with van der Waals surface area (Å²) in [6.07, 6.45) is 7.72. The van der Waals surface area contributed by atoms with E-state index in [0.717, 1.165) is 67.0 Å². The van der Waals surface area contributed by atoms with E-state index in [1.807, 2.05) is 6.07 Å². The number of likely N-dealkylation sites (tertiary alicyclic amines) is 1. The summed E-state index contributed by atoms with van der Waals surface area (Å²) in [7, 11) is 2.19. The lowest BCUT2D eigenvalue weighted by atomic mass is 9.69. The molecule has 1 saturated carbocycles. The molecule has 0 unspecified atom stereocenters. The van der Waals surface area contributed by atoms with E-state index in [1.54, 1.807) is 4.90 Å². The zero-order valence-electron chi connectivity index (χ0n) is 23.7. The molecule has 3 aliphatic carbocycles. The van der Waals surface area contributed by atoms with Gasteiger partial charge in [-0.05, 0) is 80.7 Å². The van der Waals surface area contributed by atoms with Crippen molar-refractivity contribution < 1.29 is 9.53 Å². The van der Waals surface area contributed by atoms with Gasteiger partial charge in [-0.25, -0.2) is 0 Å². The summed E-state index contributed by atoms with van der Waals surface area (Å²) >= 11 is 6.63. The standard InChI is InChI=1S/C32H37ClN6O2/c1-3-29(40)39-14-13-38(18-21(39)9-12-34)30-23-8-11-32(10-7-22-25(32)5-4-6-26(22)33)16-27(23)35-31(36-30)41-19-28-24-15-20(24)17-37(28)2/h3-6,20-21,24,28H,1,7-11,13-19H2,2H3/t20-,21-,24-,28+,32-/m0/s1. The van der Waals surface area contributed by atoms with Gasteiger partial charge in [-0.15, -0.1) is 0 Å². The van der Waals surface area contributed by atoms with Crippen LogP contribution < -0.4 is 9.64 Å². The maximum Gasteiger partial charge on any atom is 0.318 e. The summed E-state index contributed by atoms with van der Waals surface area (Å²) in [5.74, 6) is 2.32. The van der Waals surface area contributed by atoms with Crippen LogP contribution in [0.2, 0.25) is 5.02 Å². The van der Waals surface area contributed by atoms with Gasteiger partial charge >= 0.3 is 6.01 Å². The zero-order chi connectivity index (χ0) is 28.3. The molecule has 2 aliphatic heterocycles. The number of ether oxygens (including phenoxy) is 1. The van der Waals surface area contributed by atoms with Crippen molar-refractivity contribution in [3.63, 3.8) is 0 Å². The van der Waals surface area contributed by atoms with Crippen LogP contribution in [0.3, 0.4) is 0 Å². The SMILES string of the molecule is C=CC(=O)N1CCN(c2nc(OC[C@@H]3[C@H]4C[C@H]4CN3C)nc3c2CC[C@@]2(CCc4c(Cl)cccc42)C3)C[C@@H]1CC#N. The number of hydrogen-bond donors (Lipinski definition) is 0. The molecule has 9 heteroatoms. The highest BCUT2D eigenvalue weighted by atomic mass is 35.5. The van der Waals surface area contributed by atoms with E-state index in [-0.39, 0.29) is 23.8 Å². The molecule has 2 saturated heterocycles. The predicted octanol–water partition coefficient (Wildman–Crippen LogP) is 3.95. The molecule has 5 aliphatic rings. The number of carbonyl (C=O) groups is 1. The zero-order valence-corrected chi connectivity index (χ0v) is 24.4. The third-order valence-corrected chi connectivity index (χ3v) is 10.8. The number of anilines is 1. The van der Waals surface area contributed by atoms with Gasteiger partial charge in [0.25, 0.3) is 0 Å². The number of amides is 1. The minimum absolute atomic E-state index is 0.0292. The van der Waals surface area contributed by atoms with Gasteiger partial charge in [-0.3, -0.25) is 9.69 Å². The largest absolute Gasteiger partial charge is 0.462 e. The second-order valence-electron chi connectivity index (χ2n) is 12.7. The summed E-state index contributed by atoms with van der Waals surface area (Å²) in [5.41, 5.74) is 4.93. The Kier molecular flexibility index (Phi) is 6.71. The minimum Gasteiger partial charge on any atom is -0.462 e. The molecule has 0 N–H and O–H groups in total. The number of likely N-dealkylation sites (N-methyl/N-ethyl adjacent to an activating group) is 1. The number of fused-ring (bicyclic) bond motifs is 4. The monoisotopic (exact) mass is 572 g/mol. The van der Waals surface area contributed by atoms with Crippen LogP contribution in [0.25, 0.3) is 0 Å². The highest BCUT2D eigenvalue weighted by molar-refractivity contribution is 6.31. The predicted molar refractivity (Wildman–Crippen MR) is 157 cm³/mol. The highest BCUT2D eigenvalue weighted by Crippen LogP contribution is 2.51. The first kappa shape index (κ1) is 26.7. The second kappa shape index (κ2) is 10.3. The second-order valence-corrected chi connectivity index (χ2v) is 13.1. The van der Waals surface area contributed by atoms with E-state index in [4.69, 9.17) is 26.3 Å². The molecule has 1 amide bonds. The first-order valence-corrected chi connectivity index (χ1v) is 15.3. The highest BCUT2D eigenvalue weighted by Gasteiger charge is 2.51. The third-order valence-electron chi connectivity index (χ3n) is 10.5. The van der Waals surface area contributed by atoms with E-state index in [9.17, 15) is 10.1 Å². The Bertz CT molecular complexity index is 1440. The van der Waals surface area contributed by atoms with Crippen molar-refractivity contribution in [3.8, 4) is 12.1 Å². The molecule has 3 heterocycles. The Morgan fingerprint density at radius 1 is 1.24 bits per heavy atom. The summed E-state index contributed by atoms with van der Waals surface area (Å²) in [4.78, 5) is 29.1. The number of halogens is 1. The Labute approximate surface area is 246 Å². The summed E-state index contributed by atoms with van der Waals surface area (Å²) < 4.78 is 6.40. The van der Waals surface area contributed by atoms with Gasteiger partial charge in [0.1, 0.15) is 12.4 Å². The average molecular weight is 573 g/mol. The molecule has 0 radical (unpaired) electrons. The lowest BCUT2D eigenvalue weighted by Crippen LogP contribution is -2.55. The summed E-state index contributed by atoms with van der Waals surface area (Å²) in [6, 6.07) is 9.24. The smallest absolute Gasteiger partial charge is 0.318 e. The molecule has 214 valence electrons. The Morgan fingerprint density at radius 3 is 2.83 bits per heavy atom. The number of rotatable bonds is 6. The van der Waals surface area contributed by atoms with Crippen molar-refractivity contribution in [1.29, 1.82) is 5.26 Å². The van der Waals surface area contributed by atoms with E-state index < -0.39 is 0 Å². The molecule has 0 bridgehead atoms. The molecule has 1 aromatic heterocycles. The fraction of sp³-hybridized carbons (Fsp3) is 0.562. The van der Waals surface area contributed by atoms with Crippen LogP contribution in [0, 0.1) is 23.2 Å². The number of carbonyl (C=O) groups excluding carboxylic acids is 1. The van der Waals surface area contributed by atoms with Gasteiger partial charge < -0.3 is 14.5 Å². The van der Waals surface area contributed by atoms with Crippen LogP contribution in [-0.2, 0) is 29.5 Å². The third kappa shape index (κ3) is 4.58. The van der Waals surface area contributed by atoms with Crippen molar-refractivity contribution in [2.75, 3.05) is 44.7 Å². The molecular weight excluding hydrogens is 536 g/mol.